The second-order valence-electron chi connectivity index (χ2n) is 5.30. The summed E-state index contributed by atoms with van der Waals surface area (Å²) in [6.45, 7) is 4.09. The molecule has 0 bridgehead atoms. The van der Waals surface area contributed by atoms with E-state index in [2.05, 4.69) is 28.2 Å². The second-order valence-corrected chi connectivity index (χ2v) is 5.86. The van der Waals surface area contributed by atoms with Crippen molar-refractivity contribution in [2.75, 3.05) is 5.33 Å². The third-order valence-electron chi connectivity index (χ3n) is 3.71. The van der Waals surface area contributed by atoms with Gasteiger partial charge in [0, 0.05) is 10.9 Å². The molecule has 0 spiro atoms. The first-order chi connectivity index (χ1) is 10.1. The van der Waals surface area contributed by atoms with Crippen LogP contribution in [0.2, 0.25) is 0 Å². The minimum absolute atomic E-state index is 0.0294. The molecule has 1 amide bonds. The monoisotopic (exact) mass is 345 g/mol. The Kier molecular flexibility index (Phi) is 5.18. The number of rotatable bonds is 5. The second kappa shape index (κ2) is 6.90. The number of halogens is 1. The van der Waals surface area contributed by atoms with Gasteiger partial charge in [0.2, 0.25) is 0 Å². The summed E-state index contributed by atoms with van der Waals surface area (Å²) in [4.78, 5) is 12.6. The number of nitrogens with one attached hydrogen (secondary N) is 1. The van der Waals surface area contributed by atoms with Crippen LogP contribution in [0.5, 0.6) is 0 Å². The van der Waals surface area contributed by atoms with Gasteiger partial charge in [-0.25, -0.2) is 0 Å². The first-order valence-electron chi connectivity index (χ1n) is 7.12. The molecule has 0 saturated heterocycles. The molecule has 2 aromatic rings. The van der Waals surface area contributed by atoms with Crippen molar-refractivity contribution in [1.29, 1.82) is 0 Å². The molecule has 0 heterocycles. The zero-order valence-electron chi connectivity index (χ0n) is 12.4. The number of carbonyl (C=O) groups is 1. The van der Waals surface area contributed by atoms with Crippen molar-refractivity contribution in [3.05, 3.63) is 71.3 Å². The average molecular weight is 346 g/mol. The molecule has 0 radical (unpaired) electrons. The van der Waals surface area contributed by atoms with E-state index in [1.165, 1.54) is 0 Å². The van der Waals surface area contributed by atoms with Crippen molar-refractivity contribution in [1.82, 2.24) is 5.32 Å². The molecule has 0 aliphatic carbocycles. The molecule has 1 N–H and O–H groups in total. The molecule has 2 nitrogen and oxygen atoms in total. The summed E-state index contributed by atoms with van der Waals surface area (Å²) in [6, 6.07) is 17.8. The average Bonchev–Trinajstić information content (AvgIpc) is 2.55. The van der Waals surface area contributed by atoms with E-state index in [0.29, 0.717) is 5.33 Å². The summed E-state index contributed by atoms with van der Waals surface area (Å²) in [5, 5.41) is 3.82. The topological polar surface area (TPSA) is 29.1 Å². The van der Waals surface area contributed by atoms with Crippen molar-refractivity contribution in [3.63, 3.8) is 0 Å². The van der Waals surface area contributed by atoms with Gasteiger partial charge < -0.3 is 5.32 Å². The van der Waals surface area contributed by atoms with E-state index >= 15 is 0 Å². The highest BCUT2D eigenvalue weighted by Gasteiger charge is 2.28. The Bertz CT molecular complexity index is 612. The van der Waals surface area contributed by atoms with Gasteiger partial charge in [0.05, 0.1) is 5.54 Å². The highest BCUT2D eigenvalue weighted by Crippen LogP contribution is 2.24. The third kappa shape index (κ3) is 3.53. The molecule has 21 heavy (non-hydrogen) atoms. The Morgan fingerprint density at radius 3 is 2.33 bits per heavy atom. The summed E-state index contributed by atoms with van der Waals surface area (Å²) >= 11 is 3.53. The lowest BCUT2D eigenvalue weighted by Crippen LogP contribution is -2.45. The van der Waals surface area contributed by atoms with Crippen molar-refractivity contribution < 1.29 is 4.79 Å². The standard InChI is InChI=1S/C18H20BrNO/c1-3-14-9-7-8-12-16(14)17(21)20-18(2,13-19)15-10-5-4-6-11-15/h4-12H,3,13H2,1-2H3,(H,20,21). The maximum Gasteiger partial charge on any atom is 0.252 e. The van der Waals surface area contributed by atoms with Gasteiger partial charge in [-0.2, -0.15) is 0 Å². The van der Waals surface area contributed by atoms with E-state index in [1.807, 2.05) is 61.5 Å². The van der Waals surface area contributed by atoms with Crippen LogP contribution in [0.4, 0.5) is 0 Å². The summed E-state index contributed by atoms with van der Waals surface area (Å²) in [5.41, 5.74) is 2.48. The van der Waals surface area contributed by atoms with Gasteiger partial charge in [0.15, 0.2) is 0 Å². The van der Waals surface area contributed by atoms with Crippen LogP contribution >= 0.6 is 15.9 Å². The van der Waals surface area contributed by atoms with Gasteiger partial charge in [0.25, 0.3) is 5.91 Å². The van der Waals surface area contributed by atoms with Crippen LogP contribution in [-0.2, 0) is 12.0 Å². The van der Waals surface area contributed by atoms with E-state index in [0.717, 1.165) is 23.1 Å². The molecule has 0 aliphatic rings. The molecule has 2 aromatic carbocycles. The van der Waals surface area contributed by atoms with E-state index in [9.17, 15) is 4.79 Å². The van der Waals surface area contributed by atoms with Crippen LogP contribution in [0.25, 0.3) is 0 Å². The highest BCUT2D eigenvalue weighted by atomic mass is 79.9. The molecule has 0 aromatic heterocycles. The van der Waals surface area contributed by atoms with E-state index in [4.69, 9.17) is 0 Å². The lowest BCUT2D eigenvalue weighted by Gasteiger charge is -2.30. The van der Waals surface area contributed by atoms with Crippen molar-refractivity contribution in [2.45, 2.75) is 25.8 Å². The highest BCUT2D eigenvalue weighted by molar-refractivity contribution is 9.09. The quantitative estimate of drug-likeness (QED) is 0.804. The first kappa shape index (κ1) is 15.8. The van der Waals surface area contributed by atoms with E-state index < -0.39 is 5.54 Å². The van der Waals surface area contributed by atoms with Gasteiger partial charge in [-0.3, -0.25) is 4.79 Å². The van der Waals surface area contributed by atoms with Gasteiger partial charge in [-0.15, -0.1) is 0 Å². The lowest BCUT2D eigenvalue weighted by molar-refractivity contribution is 0.0913. The molecule has 0 aliphatic heterocycles. The minimum Gasteiger partial charge on any atom is -0.342 e. The number of carbonyl (C=O) groups excluding carboxylic acids is 1. The molecule has 3 heteroatoms. The van der Waals surface area contributed by atoms with Crippen LogP contribution in [0.15, 0.2) is 54.6 Å². The zero-order chi connectivity index (χ0) is 15.3. The molecule has 110 valence electrons. The molecular formula is C18H20BrNO. The number of hydrogen-bond acceptors (Lipinski definition) is 1. The molecule has 1 unspecified atom stereocenters. The zero-order valence-corrected chi connectivity index (χ0v) is 14.0. The van der Waals surface area contributed by atoms with Crippen molar-refractivity contribution in [2.24, 2.45) is 0 Å². The molecule has 1 atom stereocenters. The fourth-order valence-electron chi connectivity index (χ4n) is 2.36. The van der Waals surface area contributed by atoms with Gasteiger partial charge in [0.1, 0.15) is 0 Å². The SMILES string of the molecule is CCc1ccccc1C(=O)NC(C)(CBr)c1ccccc1. The maximum atomic E-state index is 12.6. The first-order valence-corrected chi connectivity index (χ1v) is 8.25. The Morgan fingerprint density at radius 1 is 1.10 bits per heavy atom. The Morgan fingerprint density at radius 2 is 1.71 bits per heavy atom. The van der Waals surface area contributed by atoms with Gasteiger partial charge in [-0.05, 0) is 30.5 Å². The summed E-state index contributed by atoms with van der Waals surface area (Å²) in [6.07, 6.45) is 0.847. The van der Waals surface area contributed by atoms with Crippen molar-refractivity contribution in [3.8, 4) is 0 Å². The fraction of sp³-hybridized carbons (Fsp3) is 0.278. The van der Waals surface area contributed by atoms with Gasteiger partial charge in [-0.1, -0.05) is 71.4 Å². The smallest absolute Gasteiger partial charge is 0.252 e. The predicted molar refractivity (Wildman–Crippen MR) is 90.9 cm³/mol. The maximum absolute atomic E-state index is 12.6. The van der Waals surface area contributed by atoms with Crippen LogP contribution in [0, 0.1) is 0 Å². The molecule has 0 fully saturated rings. The Hall–Kier alpha value is -1.61. The minimum atomic E-state index is -0.431. The molecule has 2 rings (SSSR count). The number of hydrogen-bond donors (Lipinski definition) is 1. The van der Waals surface area contributed by atoms with E-state index in [1.54, 1.807) is 0 Å². The third-order valence-corrected chi connectivity index (χ3v) is 4.83. The van der Waals surface area contributed by atoms with Gasteiger partial charge >= 0.3 is 0 Å². The number of benzene rings is 2. The number of aryl methyl sites for hydroxylation is 1. The summed E-state index contributed by atoms with van der Waals surface area (Å²) in [5.74, 6) is -0.0294. The normalized spacial score (nSPS) is 13.5. The number of alkyl halides is 1. The molecule has 0 saturated carbocycles. The van der Waals surface area contributed by atoms with Crippen molar-refractivity contribution >= 4 is 21.8 Å². The number of amides is 1. The lowest BCUT2D eigenvalue weighted by atomic mass is 9.93. The van der Waals surface area contributed by atoms with Crippen LogP contribution in [0.3, 0.4) is 0 Å². The summed E-state index contributed by atoms with van der Waals surface area (Å²) in [7, 11) is 0. The summed E-state index contributed by atoms with van der Waals surface area (Å²) < 4.78 is 0. The van der Waals surface area contributed by atoms with Crippen LogP contribution in [-0.4, -0.2) is 11.2 Å². The molecular weight excluding hydrogens is 326 g/mol. The Balaban J connectivity index is 2.28. The predicted octanol–water partition coefficient (Wildman–Crippen LogP) is 4.29. The Labute approximate surface area is 134 Å². The van der Waals surface area contributed by atoms with E-state index in [-0.39, 0.29) is 5.91 Å². The fourth-order valence-corrected chi connectivity index (χ4v) is 2.82. The largest absolute Gasteiger partial charge is 0.342 e. The van der Waals surface area contributed by atoms with Crippen LogP contribution < -0.4 is 5.32 Å². The van der Waals surface area contributed by atoms with Crippen LogP contribution in [0.1, 0.15) is 35.3 Å².